The van der Waals surface area contributed by atoms with Crippen molar-refractivity contribution in [3.8, 4) is 0 Å². The molecule has 1 aromatic carbocycles. The predicted molar refractivity (Wildman–Crippen MR) is 73.2 cm³/mol. The fourth-order valence-corrected chi connectivity index (χ4v) is 2.21. The summed E-state index contributed by atoms with van der Waals surface area (Å²) in [5.74, 6) is -2.58. The summed E-state index contributed by atoms with van der Waals surface area (Å²) in [5, 5.41) is 2.55. The van der Waals surface area contributed by atoms with Gasteiger partial charge in [0, 0.05) is 29.5 Å². The molecule has 0 fully saturated rings. The molecule has 1 heterocycles. The molecule has 20 heavy (non-hydrogen) atoms. The van der Waals surface area contributed by atoms with Crippen molar-refractivity contribution in [3.05, 3.63) is 52.5 Å². The molecule has 0 aliphatic heterocycles. The van der Waals surface area contributed by atoms with Crippen LogP contribution in [0.25, 0.3) is 0 Å². The van der Waals surface area contributed by atoms with E-state index in [1.165, 1.54) is 0 Å². The molecule has 106 valence electrons. The molecule has 1 aromatic heterocycles. The standard InChI is InChI=1S/C13H12BrF2N3O/c1-8(6-19-3-2-17-7-19)18-13(20)12-10(15)4-9(14)5-11(12)16/h2-5,7-8H,6H2,1H3,(H,18,20). The van der Waals surface area contributed by atoms with Gasteiger partial charge in [0.2, 0.25) is 0 Å². The fourth-order valence-electron chi connectivity index (χ4n) is 1.81. The second-order valence-corrected chi connectivity index (χ2v) is 5.29. The Hall–Kier alpha value is -1.76. The van der Waals surface area contributed by atoms with Gasteiger partial charge in [-0.15, -0.1) is 0 Å². The molecule has 0 saturated heterocycles. The van der Waals surface area contributed by atoms with Crippen LogP contribution in [0.4, 0.5) is 8.78 Å². The van der Waals surface area contributed by atoms with Gasteiger partial charge in [0.05, 0.1) is 6.33 Å². The van der Waals surface area contributed by atoms with Crippen molar-refractivity contribution < 1.29 is 13.6 Å². The highest BCUT2D eigenvalue weighted by Gasteiger charge is 2.19. The van der Waals surface area contributed by atoms with Crippen LogP contribution in [0.2, 0.25) is 0 Å². The summed E-state index contributed by atoms with van der Waals surface area (Å²) in [6, 6.07) is 1.82. The molecule has 0 radical (unpaired) electrons. The highest BCUT2D eigenvalue weighted by Crippen LogP contribution is 2.19. The molecular weight excluding hydrogens is 332 g/mol. The Bertz CT molecular complexity index is 593. The number of halogens is 3. The van der Waals surface area contributed by atoms with Gasteiger partial charge in [0.25, 0.3) is 5.91 Å². The maximum absolute atomic E-state index is 13.6. The SMILES string of the molecule is CC(Cn1ccnc1)NC(=O)c1c(F)cc(Br)cc1F. The van der Waals surface area contributed by atoms with Crippen molar-refractivity contribution >= 4 is 21.8 Å². The molecular formula is C13H12BrF2N3O. The molecule has 1 N–H and O–H groups in total. The lowest BCUT2D eigenvalue weighted by Gasteiger charge is -2.15. The van der Waals surface area contributed by atoms with Crippen molar-refractivity contribution in [2.75, 3.05) is 0 Å². The van der Waals surface area contributed by atoms with Crippen LogP contribution in [0.1, 0.15) is 17.3 Å². The van der Waals surface area contributed by atoms with Gasteiger partial charge in [-0.25, -0.2) is 13.8 Å². The summed E-state index contributed by atoms with van der Waals surface area (Å²) < 4.78 is 29.3. The first-order valence-electron chi connectivity index (χ1n) is 5.88. The average Bonchev–Trinajstić information content (AvgIpc) is 2.79. The quantitative estimate of drug-likeness (QED) is 0.927. The van der Waals surface area contributed by atoms with Crippen LogP contribution in [-0.4, -0.2) is 21.5 Å². The van der Waals surface area contributed by atoms with Gasteiger partial charge >= 0.3 is 0 Å². The highest BCUT2D eigenvalue weighted by molar-refractivity contribution is 9.10. The van der Waals surface area contributed by atoms with Gasteiger partial charge in [-0.05, 0) is 19.1 Å². The minimum absolute atomic E-state index is 0.246. The van der Waals surface area contributed by atoms with Crippen LogP contribution < -0.4 is 5.32 Å². The zero-order valence-electron chi connectivity index (χ0n) is 10.6. The van der Waals surface area contributed by atoms with Crippen molar-refractivity contribution in [3.63, 3.8) is 0 Å². The highest BCUT2D eigenvalue weighted by atomic mass is 79.9. The van der Waals surface area contributed by atoms with Crippen molar-refractivity contribution in [2.24, 2.45) is 0 Å². The van der Waals surface area contributed by atoms with E-state index in [1.807, 2.05) is 0 Å². The molecule has 0 spiro atoms. The summed E-state index contributed by atoms with van der Waals surface area (Å²) >= 11 is 2.96. The normalized spacial score (nSPS) is 12.2. The Morgan fingerprint density at radius 3 is 2.65 bits per heavy atom. The Kier molecular flexibility index (Phi) is 4.49. The summed E-state index contributed by atoms with van der Waals surface area (Å²) in [4.78, 5) is 15.8. The number of rotatable bonds is 4. The lowest BCUT2D eigenvalue weighted by Crippen LogP contribution is -2.36. The van der Waals surface area contributed by atoms with Gasteiger partial charge < -0.3 is 9.88 Å². The van der Waals surface area contributed by atoms with Gasteiger partial charge in [0.1, 0.15) is 17.2 Å². The average molecular weight is 344 g/mol. The molecule has 0 bridgehead atoms. The monoisotopic (exact) mass is 343 g/mol. The van der Waals surface area contributed by atoms with Crippen LogP contribution in [0.15, 0.2) is 35.3 Å². The second-order valence-electron chi connectivity index (χ2n) is 4.38. The lowest BCUT2D eigenvalue weighted by molar-refractivity contribution is 0.0928. The maximum atomic E-state index is 13.6. The Balaban J connectivity index is 2.08. The Labute approximate surface area is 122 Å². The molecule has 1 unspecified atom stereocenters. The fraction of sp³-hybridized carbons (Fsp3) is 0.231. The minimum atomic E-state index is -0.899. The van der Waals surface area contributed by atoms with E-state index in [4.69, 9.17) is 0 Å². The molecule has 2 rings (SSSR count). The predicted octanol–water partition coefficient (Wildman–Crippen LogP) is 2.74. The summed E-state index contributed by atoms with van der Waals surface area (Å²) in [6.07, 6.45) is 4.95. The van der Waals surface area contributed by atoms with E-state index >= 15 is 0 Å². The van der Waals surface area contributed by atoms with E-state index in [1.54, 1.807) is 30.2 Å². The zero-order chi connectivity index (χ0) is 14.7. The molecule has 1 amide bonds. The number of nitrogens with zero attached hydrogens (tertiary/aromatic N) is 2. The number of nitrogens with one attached hydrogen (secondary N) is 1. The van der Waals surface area contributed by atoms with Crippen molar-refractivity contribution in [1.82, 2.24) is 14.9 Å². The van der Waals surface area contributed by atoms with E-state index in [0.29, 0.717) is 6.54 Å². The number of aromatic nitrogens is 2. The number of benzene rings is 1. The lowest BCUT2D eigenvalue weighted by atomic mass is 10.1. The number of hydrogen-bond donors (Lipinski definition) is 1. The molecule has 0 aliphatic carbocycles. The van der Waals surface area contributed by atoms with Crippen LogP contribution in [0.3, 0.4) is 0 Å². The molecule has 4 nitrogen and oxygen atoms in total. The van der Waals surface area contributed by atoms with Crippen LogP contribution in [-0.2, 0) is 6.54 Å². The van der Waals surface area contributed by atoms with Crippen molar-refractivity contribution in [1.29, 1.82) is 0 Å². The third kappa shape index (κ3) is 3.41. The summed E-state index contributed by atoms with van der Waals surface area (Å²) in [7, 11) is 0. The zero-order valence-corrected chi connectivity index (χ0v) is 12.2. The molecule has 2 aromatic rings. The van der Waals surface area contributed by atoms with E-state index < -0.39 is 23.1 Å². The third-order valence-corrected chi connectivity index (χ3v) is 3.11. The molecule has 0 saturated carbocycles. The summed E-state index contributed by atoms with van der Waals surface area (Å²) in [5.41, 5.74) is -0.578. The van der Waals surface area contributed by atoms with Crippen molar-refractivity contribution in [2.45, 2.75) is 19.5 Å². The Morgan fingerprint density at radius 2 is 2.10 bits per heavy atom. The van der Waals surface area contributed by atoms with Crippen LogP contribution in [0, 0.1) is 11.6 Å². The first kappa shape index (κ1) is 14.6. The second kappa shape index (κ2) is 6.13. The maximum Gasteiger partial charge on any atom is 0.257 e. The van der Waals surface area contributed by atoms with Gasteiger partial charge in [-0.3, -0.25) is 4.79 Å². The molecule has 7 heteroatoms. The Morgan fingerprint density at radius 1 is 1.45 bits per heavy atom. The van der Waals surface area contributed by atoms with Crippen LogP contribution >= 0.6 is 15.9 Å². The number of carbonyl (C=O) groups excluding carboxylic acids is 1. The number of hydrogen-bond acceptors (Lipinski definition) is 2. The first-order valence-corrected chi connectivity index (χ1v) is 6.68. The third-order valence-electron chi connectivity index (χ3n) is 2.66. The number of amides is 1. The largest absolute Gasteiger partial charge is 0.348 e. The first-order chi connectivity index (χ1) is 9.47. The van der Waals surface area contributed by atoms with E-state index in [2.05, 4.69) is 26.2 Å². The van der Waals surface area contributed by atoms with Gasteiger partial charge in [0.15, 0.2) is 0 Å². The van der Waals surface area contributed by atoms with Crippen LogP contribution in [0.5, 0.6) is 0 Å². The van der Waals surface area contributed by atoms with E-state index in [9.17, 15) is 13.6 Å². The smallest absolute Gasteiger partial charge is 0.257 e. The minimum Gasteiger partial charge on any atom is -0.348 e. The summed E-state index contributed by atoms with van der Waals surface area (Å²) in [6.45, 7) is 2.21. The topological polar surface area (TPSA) is 46.9 Å². The van der Waals surface area contributed by atoms with Gasteiger partial charge in [-0.1, -0.05) is 15.9 Å². The van der Waals surface area contributed by atoms with E-state index in [0.717, 1.165) is 12.1 Å². The number of imidazole rings is 1. The van der Waals surface area contributed by atoms with Gasteiger partial charge in [-0.2, -0.15) is 0 Å². The van der Waals surface area contributed by atoms with E-state index in [-0.39, 0.29) is 10.5 Å². The number of carbonyl (C=O) groups is 1. The molecule has 0 aliphatic rings. The molecule has 1 atom stereocenters.